The molecule has 11 nitrogen and oxygen atoms in total. The van der Waals surface area contributed by atoms with E-state index in [0.29, 0.717) is 12.2 Å². The predicted molar refractivity (Wildman–Crippen MR) is 69.5 cm³/mol. The molecule has 6 N–H and O–H groups in total. The second-order valence-corrected chi connectivity index (χ2v) is 3.49. The van der Waals surface area contributed by atoms with Gasteiger partial charge in [-0.2, -0.15) is 0 Å². The van der Waals surface area contributed by atoms with Gasteiger partial charge in [-0.1, -0.05) is 0 Å². The van der Waals surface area contributed by atoms with Gasteiger partial charge in [-0.3, -0.25) is 9.59 Å². The monoisotopic (exact) mass is 350 g/mol. The number of carbonyl (C=O) groups is 5. The summed E-state index contributed by atoms with van der Waals surface area (Å²) in [5.41, 5.74) is -2.74. The first-order valence-electron chi connectivity index (χ1n) is 4.94. The average molecular weight is 350 g/mol. The van der Waals surface area contributed by atoms with Crippen LogP contribution in [0.5, 0.6) is 0 Å². The SMILES string of the molecule is O=C(O)C=CC(=O)O.O=C(O)CC(O)(CC(=O)O)C(=O)O.[Ca+2].[H-].[H-]. The van der Waals surface area contributed by atoms with Crippen molar-refractivity contribution in [3.8, 4) is 0 Å². The maximum Gasteiger partial charge on any atom is 2.00 e. The van der Waals surface area contributed by atoms with Crippen LogP contribution in [0.4, 0.5) is 0 Å². The third-order valence-corrected chi connectivity index (χ3v) is 1.65. The number of hydrogen-bond donors (Lipinski definition) is 6. The normalized spacial score (nSPS) is 9.86. The Hall–Kier alpha value is -1.69. The quantitative estimate of drug-likeness (QED) is 0.225. The van der Waals surface area contributed by atoms with Crippen molar-refractivity contribution in [2.45, 2.75) is 18.4 Å². The summed E-state index contributed by atoms with van der Waals surface area (Å²) >= 11 is 0. The summed E-state index contributed by atoms with van der Waals surface area (Å²) in [6, 6.07) is 0. The van der Waals surface area contributed by atoms with E-state index < -0.39 is 48.3 Å². The topological polar surface area (TPSA) is 207 Å². The van der Waals surface area contributed by atoms with Crippen molar-refractivity contribution < 1.29 is 57.5 Å². The van der Waals surface area contributed by atoms with E-state index in [9.17, 15) is 24.0 Å². The number of carboxylic acids is 5. The van der Waals surface area contributed by atoms with E-state index in [1.807, 2.05) is 0 Å². The summed E-state index contributed by atoms with van der Waals surface area (Å²) in [7, 11) is 0. The molecule has 0 amide bonds. The molecule has 0 bridgehead atoms. The Morgan fingerprint density at radius 1 is 0.773 bits per heavy atom. The molecule has 0 radical (unpaired) electrons. The fraction of sp³-hybridized carbons (Fsp3) is 0.300. The van der Waals surface area contributed by atoms with Gasteiger partial charge in [-0.05, 0) is 0 Å². The molecule has 0 atom stereocenters. The first-order valence-corrected chi connectivity index (χ1v) is 4.94. The van der Waals surface area contributed by atoms with Crippen LogP contribution in [0.25, 0.3) is 0 Å². The maximum atomic E-state index is 10.3. The minimum absolute atomic E-state index is 0. The molecule has 0 saturated carbocycles. The van der Waals surface area contributed by atoms with E-state index in [0.717, 1.165) is 0 Å². The van der Waals surface area contributed by atoms with Crippen molar-refractivity contribution in [1.82, 2.24) is 0 Å². The molecule has 0 aliphatic carbocycles. The van der Waals surface area contributed by atoms with E-state index >= 15 is 0 Å². The molecule has 0 saturated heterocycles. The fourth-order valence-corrected chi connectivity index (χ4v) is 0.857. The van der Waals surface area contributed by atoms with E-state index in [-0.39, 0.29) is 40.6 Å². The van der Waals surface area contributed by atoms with Crippen molar-refractivity contribution in [1.29, 1.82) is 0 Å². The molecular weight excluding hydrogens is 336 g/mol. The Labute approximate surface area is 155 Å². The molecule has 0 aliphatic rings. The number of hydrogen-bond acceptors (Lipinski definition) is 6. The number of aliphatic carboxylic acids is 5. The van der Waals surface area contributed by atoms with Gasteiger partial charge in [-0.25, -0.2) is 14.4 Å². The standard InChI is InChI=1S/C6H8O7.C4H4O4.Ca.2H/c7-3(8)1-6(13,5(11)12)2-4(9)10;5-3(6)1-2-4(7)8;;;/h13H,1-2H2,(H,7,8)(H,9,10)(H,11,12);1-2H,(H,5,6)(H,7,8);;;/q;;+2;2*-1. The smallest absolute Gasteiger partial charge is 1.00 e. The largest absolute Gasteiger partial charge is 2.00 e. The Morgan fingerprint density at radius 3 is 1.18 bits per heavy atom. The predicted octanol–water partition coefficient (Wildman–Crippen LogP) is -1.69. The van der Waals surface area contributed by atoms with Gasteiger partial charge in [0.05, 0.1) is 12.8 Å². The molecule has 0 aliphatic heterocycles. The summed E-state index contributed by atoms with van der Waals surface area (Å²) in [5.74, 6) is -7.53. The van der Waals surface area contributed by atoms with Gasteiger partial charge in [0.15, 0.2) is 5.60 Å². The van der Waals surface area contributed by atoms with Crippen LogP contribution < -0.4 is 0 Å². The molecule has 0 aromatic rings. The fourth-order valence-electron chi connectivity index (χ4n) is 0.857. The summed E-state index contributed by atoms with van der Waals surface area (Å²) in [6.45, 7) is 0. The van der Waals surface area contributed by atoms with Crippen molar-refractivity contribution in [2.24, 2.45) is 0 Å². The zero-order valence-corrected chi connectivity index (χ0v) is 13.2. The van der Waals surface area contributed by atoms with Gasteiger partial charge >= 0.3 is 67.6 Å². The third kappa shape index (κ3) is 14.7. The average Bonchev–Trinajstić information content (AvgIpc) is 2.24. The van der Waals surface area contributed by atoms with Crippen LogP contribution in [0.1, 0.15) is 15.7 Å². The van der Waals surface area contributed by atoms with Gasteiger partial charge in [0.2, 0.25) is 0 Å². The van der Waals surface area contributed by atoms with Gasteiger partial charge < -0.3 is 33.5 Å². The molecule has 0 unspecified atom stereocenters. The summed E-state index contributed by atoms with van der Waals surface area (Å²) < 4.78 is 0. The second kappa shape index (κ2) is 11.9. The minimum Gasteiger partial charge on any atom is -1.00 e. The molecule has 0 heterocycles. The van der Waals surface area contributed by atoms with Crippen molar-refractivity contribution in [3.63, 3.8) is 0 Å². The maximum absolute atomic E-state index is 10.3. The Balaban J connectivity index is -0.0000000968. The van der Waals surface area contributed by atoms with Crippen LogP contribution in [0.3, 0.4) is 0 Å². The van der Waals surface area contributed by atoms with Crippen molar-refractivity contribution in [2.75, 3.05) is 0 Å². The zero-order valence-electron chi connectivity index (χ0n) is 13.0. The van der Waals surface area contributed by atoms with E-state index in [2.05, 4.69) is 0 Å². The second-order valence-electron chi connectivity index (χ2n) is 3.49. The molecule has 0 spiro atoms. The molecule has 0 aromatic heterocycles. The van der Waals surface area contributed by atoms with Crippen LogP contribution >= 0.6 is 0 Å². The molecule has 122 valence electrons. The van der Waals surface area contributed by atoms with Gasteiger partial charge in [-0.15, -0.1) is 0 Å². The Kier molecular flexibility index (Phi) is 13.7. The van der Waals surface area contributed by atoms with E-state index in [4.69, 9.17) is 30.6 Å². The van der Waals surface area contributed by atoms with Gasteiger partial charge in [0.25, 0.3) is 0 Å². The molecule has 0 aromatic carbocycles. The van der Waals surface area contributed by atoms with E-state index in [1.165, 1.54) is 0 Å². The summed E-state index contributed by atoms with van der Waals surface area (Å²) in [4.78, 5) is 49.6. The zero-order chi connectivity index (χ0) is 17.2. The van der Waals surface area contributed by atoms with Crippen LogP contribution in [0.15, 0.2) is 12.2 Å². The summed E-state index contributed by atoms with van der Waals surface area (Å²) in [6.07, 6.45) is -1.17. The first kappa shape index (κ1) is 25.3. The van der Waals surface area contributed by atoms with Crippen LogP contribution in [0, 0.1) is 0 Å². The van der Waals surface area contributed by atoms with Crippen molar-refractivity contribution in [3.05, 3.63) is 12.2 Å². The number of aliphatic hydroxyl groups is 1. The molecule has 12 heteroatoms. The van der Waals surface area contributed by atoms with E-state index in [1.54, 1.807) is 0 Å². The first-order chi connectivity index (χ1) is 9.40. The number of carboxylic acid groups (broad SMARTS) is 5. The van der Waals surface area contributed by atoms with Gasteiger partial charge in [0, 0.05) is 12.2 Å². The Bertz CT molecular complexity index is 445. The van der Waals surface area contributed by atoms with Gasteiger partial charge in [0.1, 0.15) is 0 Å². The molecule has 0 rings (SSSR count). The number of rotatable bonds is 7. The summed E-state index contributed by atoms with van der Waals surface area (Å²) in [5, 5.41) is 49.4. The van der Waals surface area contributed by atoms with Crippen LogP contribution in [-0.2, 0) is 24.0 Å². The van der Waals surface area contributed by atoms with Crippen LogP contribution in [-0.4, -0.2) is 104 Å². The minimum atomic E-state index is -2.74. The molecular formula is C10H14CaO11. The molecule has 0 fully saturated rings. The van der Waals surface area contributed by atoms with Crippen LogP contribution in [0.2, 0.25) is 0 Å². The third-order valence-electron chi connectivity index (χ3n) is 1.65. The Morgan fingerprint density at radius 2 is 1.05 bits per heavy atom. The van der Waals surface area contributed by atoms with Crippen molar-refractivity contribution >= 4 is 67.6 Å². The molecule has 22 heavy (non-hydrogen) atoms.